The van der Waals surface area contributed by atoms with Crippen molar-refractivity contribution in [1.29, 1.82) is 0 Å². The normalized spacial score (nSPS) is 10.1. The molecule has 0 aliphatic rings. The van der Waals surface area contributed by atoms with Crippen molar-refractivity contribution in [2.75, 3.05) is 0 Å². The Labute approximate surface area is 98.1 Å². The van der Waals surface area contributed by atoms with Gasteiger partial charge in [-0.1, -0.05) is 23.7 Å². The standard InChI is InChI=1S/C12H9ClN2O/c1-8-10(3-2-4-11(8)13)12(16)9-5-14-7-15-6-9/h2-7H,1H3. The van der Waals surface area contributed by atoms with Crippen LogP contribution in [-0.2, 0) is 0 Å². The van der Waals surface area contributed by atoms with Crippen LogP contribution in [-0.4, -0.2) is 15.8 Å². The van der Waals surface area contributed by atoms with Crippen LogP contribution in [0.4, 0.5) is 0 Å². The van der Waals surface area contributed by atoms with Gasteiger partial charge in [0.2, 0.25) is 0 Å². The molecule has 80 valence electrons. The molecule has 0 amide bonds. The predicted octanol–water partition coefficient (Wildman–Crippen LogP) is 2.67. The van der Waals surface area contributed by atoms with Crippen molar-refractivity contribution in [3.05, 3.63) is 58.6 Å². The Kier molecular flexibility index (Phi) is 2.97. The minimum Gasteiger partial charge on any atom is -0.288 e. The second kappa shape index (κ2) is 4.41. The Hall–Kier alpha value is -1.74. The van der Waals surface area contributed by atoms with E-state index in [0.717, 1.165) is 5.56 Å². The lowest BCUT2D eigenvalue weighted by molar-refractivity contribution is 0.103. The van der Waals surface area contributed by atoms with E-state index in [-0.39, 0.29) is 5.78 Å². The van der Waals surface area contributed by atoms with E-state index >= 15 is 0 Å². The van der Waals surface area contributed by atoms with Gasteiger partial charge in [-0.3, -0.25) is 4.79 Å². The number of ketones is 1. The van der Waals surface area contributed by atoms with Crippen LogP contribution in [0.3, 0.4) is 0 Å². The lowest BCUT2D eigenvalue weighted by Gasteiger charge is -2.05. The fraction of sp³-hybridized carbons (Fsp3) is 0.0833. The summed E-state index contributed by atoms with van der Waals surface area (Å²) in [6, 6.07) is 5.26. The summed E-state index contributed by atoms with van der Waals surface area (Å²) in [5.41, 5.74) is 1.83. The molecule has 3 nitrogen and oxygen atoms in total. The monoisotopic (exact) mass is 232 g/mol. The van der Waals surface area contributed by atoms with E-state index in [9.17, 15) is 4.79 Å². The zero-order valence-corrected chi connectivity index (χ0v) is 9.40. The van der Waals surface area contributed by atoms with Crippen molar-refractivity contribution in [3.63, 3.8) is 0 Å². The van der Waals surface area contributed by atoms with Crippen molar-refractivity contribution in [2.24, 2.45) is 0 Å². The molecule has 0 N–H and O–H groups in total. The largest absolute Gasteiger partial charge is 0.288 e. The highest BCUT2D eigenvalue weighted by Crippen LogP contribution is 2.20. The number of rotatable bonds is 2. The van der Waals surface area contributed by atoms with E-state index < -0.39 is 0 Å². The van der Waals surface area contributed by atoms with Crippen LogP contribution in [0.5, 0.6) is 0 Å². The molecule has 0 aliphatic carbocycles. The number of carbonyl (C=O) groups excluding carboxylic acids is 1. The van der Waals surface area contributed by atoms with Gasteiger partial charge in [0.1, 0.15) is 6.33 Å². The van der Waals surface area contributed by atoms with E-state index in [1.807, 2.05) is 6.92 Å². The van der Waals surface area contributed by atoms with Gasteiger partial charge in [0.15, 0.2) is 5.78 Å². The third-order valence-electron chi connectivity index (χ3n) is 2.34. The minimum absolute atomic E-state index is 0.111. The van der Waals surface area contributed by atoms with Crippen molar-refractivity contribution in [2.45, 2.75) is 6.92 Å². The summed E-state index contributed by atoms with van der Waals surface area (Å²) in [6.07, 6.45) is 4.38. The first-order chi connectivity index (χ1) is 7.70. The molecule has 1 aromatic carbocycles. The fourth-order valence-electron chi connectivity index (χ4n) is 1.43. The van der Waals surface area contributed by atoms with Crippen molar-refractivity contribution < 1.29 is 4.79 Å². The highest BCUT2D eigenvalue weighted by atomic mass is 35.5. The first kappa shape index (κ1) is 10.8. The van der Waals surface area contributed by atoms with Crippen LogP contribution in [0, 0.1) is 6.92 Å². The lowest BCUT2D eigenvalue weighted by atomic mass is 10.0. The number of halogens is 1. The summed E-state index contributed by atoms with van der Waals surface area (Å²) in [5, 5.41) is 0.586. The molecule has 1 heterocycles. The van der Waals surface area contributed by atoms with E-state index in [1.165, 1.54) is 18.7 Å². The molecular weight excluding hydrogens is 224 g/mol. The maximum Gasteiger partial charge on any atom is 0.196 e. The molecule has 2 rings (SSSR count). The van der Waals surface area contributed by atoms with Gasteiger partial charge in [0.05, 0.1) is 5.56 Å². The topological polar surface area (TPSA) is 42.9 Å². The van der Waals surface area contributed by atoms with Gasteiger partial charge in [-0.2, -0.15) is 0 Å². The Bertz CT molecular complexity index is 526. The Morgan fingerprint density at radius 2 is 1.94 bits per heavy atom. The summed E-state index contributed by atoms with van der Waals surface area (Å²) in [5.74, 6) is -0.111. The van der Waals surface area contributed by atoms with Crippen LogP contribution < -0.4 is 0 Å². The third kappa shape index (κ3) is 1.95. The van der Waals surface area contributed by atoms with Gasteiger partial charge in [-0.15, -0.1) is 0 Å². The molecule has 0 bridgehead atoms. The van der Waals surface area contributed by atoms with E-state index in [2.05, 4.69) is 9.97 Å². The molecule has 0 saturated heterocycles. The van der Waals surface area contributed by atoms with E-state index in [0.29, 0.717) is 16.1 Å². The minimum atomic E-state index is -0.111. The van der Waals surface area contributed by atoms with Gasteiger partial charge in [0, 0.05) is 23.0 Å². The second-order valence-electron chi connectivity index (χ2n) is 3.37. The molecule has 0 spiro atoms. The van der Waals surface area contributed by atoms with E-state index in [1.54, 1.807) is 18.2 Å². The molecule has 0 fully saturated rings. The molecule has 0 unspecified atom stereocenters. The van der Waals surface area contributed by atoms with Gasteiger partial charge < -0.3 is 0 Å². The van der Waals surface area contributed by atoms with Crippen LogP contribution in [0.15, 0.2) is 36.9 Å². The highest BCUT2D eigenvalue weighted by molar-refractivity contribution is 6.32. The van der Waals surface area contributed by atoms with Crippen LogP contribution >= 0.6 is 11.6 Å². The predicted molar refractivity (Wildman–Crippen MR) is 61.7 cm³/mol. The Morgan fingerprint density at radius 3 is 2.62 bits per heavy atom. The summed E-state index contributed by atoms with van der Waals surface area (Å²) in [6.45, 7) is 1.82. The summed E-state index contributed by atoms with van der Waals surface area (Å²) >= 11 is 5.96. The number of hydrogen-bond donors (Lipinski definition) is 0. The van der Waals surface area contributed by atoms with Gasteiger partial charge in [0.25, 0.3) is 0 Å². The molecule has 0 saturated carbocycles. The van der Waals surface area contributed by atoms with Crippen molar-refractivity contribution >= 4 is 17.4 Å². The van der Waals surface area contributed by atoms with Gasteiger partial charge in [-0.25, -0.2) is 9.97 Å². The SMILES string of the molecule is Cc1c(Cl)cccc1C(=O)c1cncnc1. The third-order valence-corrected chi connectivity index (χ3v) is 2.74. The molecule has 0 radical (unpaired) electrons. The second-order valence-corrected chi connectivity index (χ2v) is 3.78. The number of aromatic nitrogens is 2. The summed E-state index contributed by atoms with van der Waals surface area (Å²) in [4.78, 5) is 19.7. The summed E-state index contributed by atoms with van der Waals surface area (Å²) < 4.78 is 0. The Balaban J connectivity index is 2.46. The first-order valence-corrected chi connectivity index (χ1v) is 5.13. The molecule has 0 atom stereocenters. The molecular formula is C12H9ClN2O. The van der Waals surface area contributed by atoms with Crippen molar-refractivity contribution in [3.8, 4) is 0 Å². The van der Waals surface area contributed by atoms with Crippen LogP contribution in [0.25, 0.3) is 0 Å². The van der Waals surface area contributed by atoms with Gasteiger partial charge in [-0.05, 0) is 18.6 Å². The summed E-state index contributed by atoms with van der Waals surface area (Å²) in [7, 11) is 0. The van der Waals surface area contributed by atoms with Gasteiger partial charge >= 0.3 is 0 Å². The fourth-order valence-corrected chi connectivity index (χ4v) is 1.60. The number of hydrogen-bond acceptors (Lipinski definition) is 3. The zero-order chi connectivity index (χ0) is 11.5. The van der Waals surface area contributed by atoms with Crippen molar-refractivity contribution in [1.82, 2.24) is 9.97 Å². The Morgan fingerprint density at radius 1 is 1.25 bits per heavy atom. The lowest BCUT2D eigenvalue weighted by Crippen LogP contribution is -2.04. The molecule has 2 aromatic rings. The first-order valence-electron chi connectivity index (χ1n) is 4.75. The molecule has 16 heavy (non-hydrogen) atoms. The van der Waals surface area contributed by atoms with E-state index in [4.69, 9.17) is 11.6 Å². The smallest absolute Gasteiger partial charge is 0.196 e. The number of carbonyl (C=O) groups is 1. The van der Waals surface area contributed by atoms with Crippen LogP contribution in [0.2, 0.25) is 5.02 Å². The molecule has 1 aromatic heterocycles. The highest BCUT2D eigenvalue weighted by Gasteiger charge is 2.13. The van der Waals surface area contributed by atoms with Crippen LogP contribution in [0.1, 0.15) is 21.5 Å². The zero-order valence-electron chi connectivity index (χ0n) is 8.64. The quantitative estimate of drug-likeness (QED) is 0.748. The molecule has 0 aliphatic heterocycles. The molecule has 4 heteroatoms. The maximum atomic E-state index is 12.1. The maximum absolute atomic E-state index is 12.1. The average molecular weight is 233 g/mol. The average Bonchev–Trinajstić information content (AvgIpc) is 2.33. The number of nitrogens with zero attached hydrogens (tertiary/aromatic N) is 2. The number of benzene rings is 1.